The quantitative estimate of drug-likeness (QED) is 0.490. The maximum atomic E-state index is 12.4. The van der Waals surface area contributed by atoms with E-state index in [4.69, 9.17) is 0 Å². The molecule has 4 aromatic rings. The SMILES string of the molecule is O=C(NCc1ccc(-n2cnc3ccccc32)cc1)c1ccc(NC(=O)C2CC2)s1. The Labute approximate surface area is 177 Å². The van der Waals surface area contributed by atoms with Crippen molar-refractivity contribution in [3.8, 4) is 5.69 Å². The maximum Gasteiger partial charge on any atom is 0.261 e. The van der Waals surface area contributed by atoms with Crippen molar-refractivity contribution in [2.24, 2.45) is 5.92 Å². The summed E-state index contributed by atoms with van der Waals surface area (Å²) in [6, 6.07) is 19.6. The fourth-order valence-electron chi connectivity index (χ4n) is 3.30. The Morgan fingerprint density at radius 2 is 1.83 bits per heavy atom. The van der Waals surface area contributed by atoms with E-state index in [0.717, 1.165) is 35.1 Å². The molecule has 0 aliphatic heterocycles. The normalized spacial score (nSPS) is 13.3. The second-order valence-corrected chi connectivity index (χ2v) is 8.46. The topological polar surface area (TPSA) is 76.0 Å². The second kappa shape index (κ2) is 7.76. The molecule has 2 heterocycles. The lowest BCUT2D eigenvalue weighted by molar-refractivity contribution is -0.117. The van der Waals surface area contributed by atoms with Crippen LogP contribution in [0, 0.1) is 5.92 Å². The number of nitrogens with zero attached hydrogens (tertiary/aromatic N) is 2. The van der Waals surface area contributed by atoms with Crippen molar-refractivity contribution in [3.05, 3.63) is 77.4 Å². The number of carbonyl (C=O) groups excluding carboxylic acids is 2. The van der Waals surface area contributed by atoms with Crippen molar-refractivity contribution >= 4 is 39.2 Å². The summed E-state index contributed by atoms with van der Waals surface area (Å²) in [5.41, 5.74) is 4.04. The minimum Gasteiger partial charge on any atom is -0.347 e. The number of benzene rings is 2. The Bertz CT molecular complexity index is 1220. The van der Waals surface area contributed by atoms with Crippen molar-refractivity contribution < 1.29 is 9.59 Å². The number of nitrogens with one attached hydrogen (secondary N) is 2. The predicted octanol–water partition coefficient (Wildman–Crippen LogP) is 4.37. The molecule has 6 nitrogen and oxygen atoms in total. The van der Waals surface area contributed by atoms with E-state index in [9.17, 15) is 9.59 Å². The van der Waals surface area contributed by atoms with Gasteiger partial charge < -0.3 is 10.6 Å². The van der Waals surface area contributed by atoms with Gasteiger partial charge in [0.15, 0.2) is 0 Å². The van der Waals surface area contributed by atoms with Crippen LogP contribution in [0.25, 0.3) is 16.7 Å². The van der Waals surface area contributed by atoms with Crippen molar-refractivity contribution in [2.45, 2.75) is 19.4 Å². The van der Waals surface area contributed by atoms with E-state index in [0.29, 0.717) is 16.4 Å². The van der Waals surface area contributed by atoms with Gasteiger partial charge in [-0.05, 0) is 54.8 Å². The summed E-state index contributed by atoms with van der Waals surface area (Å²) in [7, 11) is 0. The van der Waals surface area contributed by atoms with Gasteiger partial charge in [0.2, 0.25) is 5.91 Å². The van der Waals surface area contributed by atoms with Gasteiger partial charge in [-0.25, -0.2) is 4.98 Å². The highest BCUT2D eigenvalue weighted by Crippen LogP contribution is 2.31. The molecule has 2 N–H and O–H groups in total. The Balaban J connectivity index is 1.21. The Hall–Kier alpha value is -3.45. The highest BCUT2D eigenvalue weighted by Gasteiger charge is 2.29. The smallest absolute Gasteiger partial charge is 0.261 e. The molecule has 0 saturated heterocycles. The van der Waals surface area contributed by atoms with Crippen LogP contribution in [0.5, 0.6) is 0 Å². The molecule has 2 amide bonds. The largest absolute Gasteiger partial charge is 0.347 e. The van der Waals surface area contributed by atoms with Crippen LogP contribution < -0.4 is 10.6 Å². The zero-order chi connectivity index (χ0) is 20.5. The Morgan fingerprint density at radius 3 is 2.63 bits per heavy atom. The lowest BCUT2D eigenvalue weighted by atomic mass is 10.2. The van der Waals surface area contributed by atoms with Crippen molar-refractivity contribution in [3.63, 3.8) is 0 Å². The summed E-state index contributed by atoms with van der Waals surface area (Å²) in [6.07, 6.45) is 3.73. The maximum absolute atomic E-state index is 12.4. The van der Waals surface area contributed by atoms with E-state index < -0.39 is 0 Å². The fraction of sp³-hybridized carbons (Fsp3) is 0.174. The van der Waals surface area contributed by atoms with Gasteiger partial charge in [0, 0.05) is 18.2 Å². The predicted molar refractivity (Wildman–Crippen MR) is 118 cm³/mol. The van der Waals surface area contributed by atoms with Crippen LogP contribution in [0.4, 0.5) is 5.00 Å². The molecule has 30 heavy (non-hydrogen) atoms. The minimum atomic E-state index is -0.142. The van der Waals surface area contributed by atoms with Crippen LogP contribution in [0.1, 0.15) is 28.1 Å². The molecule has 1 aliphatic rings. The summed E-state index contributed by atoms with van der Waals surface area (Å²) in [6.45, 7) is 0.436. The van der Waals surface area contributed by atoms with Gasteiger partial charge in [-0.2, -0.15) is 0 Å². The van der Waals surface area contributed by atoms with E-state index in [1.165, 1.54) is 11.3 Å². The number of hydrogen-bond donors (Lipinski definition) is 2. The van der Waals surface area contributed by atoms with Gasteiger partial charge in [0.25, 0.3) is 5.91 Å². The van der Waals surface area contributed by atoms with E-state index >= 15 is 0 Å². The van der Waals surface area contributed by atoms with Crippen LogP contribution in [0.2, 0.25) is 0 Å². The molecule has 1 fully saturated rings. The molecule has 0 spiro atoms. The van der Waals surface area contributed by atoms with Gasteiger partial charge >= 0.3 is 0 Å². The first-order valence-corrected chi connectivity index (χ1v) is 10.7. The molecular weight excluding hydrogens is 396 g/mol. The number of fused-ring (bicyclic) bond motifs is 1. The average molecular weight is 417 g/mol. The number of hydrogen-bond acceptors (Lipinski definition) is 4. The van der Waals surface area contributed by atoms with E-state index in [1.54, 1.807) is 12.1 Å². The molecule has 2 aromatic heterocycles. The summed E-state index contributed by atoms with van der Waals surface area (Å²) < 4.78 is 2.04. The van der Waals surface area contributed by atoms with Gasteiger partial charge in [-0.3, -0.25) is 14.2 Å². The molecule has 5 rings (SSSR count). The fourth-order valence-corrected chi connectivity index (χ4v) is 4.13. The van der Waals surface area contributed by atoms with E-state index in [2.05, 4.69) is 15.6 Å². The highest BCUT2D eigenvalue weighted by molar-refractivity contribution is 7.18. The molecule has 2 aromatic carbocycles. The van der Waals surface area contributed by atoms with Crippen molar-refractivity contribution in [2.75, 3.05) is 5.32 Å². The third-order valence-electron chi connectivity index (χ3n) is 5.15. The number of imidazole rings is 1. The molecule has 0 atom stereocenters. The lowest BCUT2D eigenvalue weighted by Crippen LogP contribution is -2.21. The zero-order valence-electron chi connectivity index (χ0n) is 16.2. The van der Waals surface area contributed by atoms with Crippen LogP contribution >= 0.6 is 11.3 Å². The summed E-state index contributed by atoms with van der Waals surface area (Å²) >= 11 is 1.30. The second-order valence-electron chi connectivity index (χ2n) is 7.38. The van der Waals surface area contributed by atoms with Gasteiger partial charge in [0.05, 0.1) is 20.9 Å². The molecule has 1 saturated carbocycles. The number of para-hydroxylation sites is 2. The van der Waals surface area contributed by atoms with Crippen molar-refractivity contribution in [1.29, 1.82) is 0 Å². The van der Waals surface area contributed by atoms with Crippen LogP contribution in [0.15, 0.2) is 67.0 Å². The molecule has 0 bridgehead atoms. The molecular formula is C23H20N4O2S. The number of aromatic nitrogens is 2. The van der Waals surface area contributed by atoms with Crippen LogP contribution in [-0.2, 0) is 11.3 Å². The van der Waals surface area contributed by atoms with Crippen LogP contribution in [-0.4, -0.2) is 21.4 Å². The number of anilines is 1. The van der Waals surface area contributed by atoms with Gasteiger partial charge in [-0.1, -0.05) is 24.3 Å². The summed E-state index contributed by atoms with van der Waals surface area (Å²) in [5, 5.41) is 6.53. The monoisotopic (exact) mass is 416 g/mol. The zero-order valence-corrected chi connectivity index (χ0v) is 17.0. The number of amides is 2. The first-order valence-electron chi connectivity index (χ1n) is 9.88. The number of thiophene rings is 1. The lowest BCUT2D eigenvalue weighted by Gasteiger charge is -2.07. The average Bonchev–Trinajstić information content (AvgIpc) is 3.38. The Morgan fingerprint density at radius 1 is 1.03 bits per heavy atom. The minimum absolute atomic E-state index is 0.0505. The van der Waals surface area contributed by atoms with Crippen molar-refractivity contribution in [1.82, 2.24) is 14.9 Å². The molecule has 0 radical (unpaired) electrons. The summed E-state index contributed by atoms with van der Waals surface area (Å²) in [5.74, 6) is 0.0545. The standard InChI is InChI=1S/C23H20N4O2S/c28-22(16-7-8-16)26-21-12-11-20(30-21)23(29)24-13-15-5-9-17(10-6-15)27-14-25-18-3-1-2-4-19(18)27/h1-6,9-12,14,16H,7-8,13H2,(H,24,29)(H,26,28). The van der Waals surface area contributed by atoms with E-state index in [-0.39, 0.29) is 17.7 Å². The highest BCUT2D eigenvalue weighted by atomic mass is 32.1. The number of rotatable bonds is 6. The molecule has 150 valence electrons. The first-order chi connectivity index (χ1) is 14.7. The first kappa shape index (κ1) is 18.6. The summed E-state index contributed by atoms with van der Waals surface area (Å²) in [4.78, 5) is 29.3. The van der Waals surface area contributed by atoms with Crippen LogP contribution in [0.3, 0.4) is 0 Å². The third-order valence-corrected chi connectivity index (χ3v) is 6.14. The molecule has 0 unspecified atom stereocenters. The number of carbonyl (C=O) groups is 2. The molecule has 1 aliphatic carbocycles. The Kier molecular flexibility index (Phi) is 4.80. The third kappa shape index (κ3) is 3.84. The molecule has 7 heteroatoms. The van der Waals surface area contributed by atoms with Gasteiger partial charge in [-0.15, -0.1) is 11.3 Å². The van der Waals surface area contributed by atoms with Gasteiger partial charge in [0.1, 0.15) is 6.33 Å². The van der Waals surface area contributed by atoms with E-state index in [1.807, 2.05) is 59.4 Å².